The molecule has 1 aromatic carbocycles. The first-order valence-corrected chi connectivity index (χ1v) is 5.94. The van der Waals surface area contributed by atoms with Crippen LogP contribution in [0.25, 0.3) is 0 Å². The normalized spacial score (nSPS) is 19.8. The SMILES string of the molecule is COc1ccc(OC2CCNC2)c(Br)c1O. The highest BCUT2D eigenvalue weighted by atomic mass is 79.9. The first-order valence-electron chi connectivity index (χ1n) is 5.15. The van der Waals surface area contributed by atoms with E-state index in [4.69, 9.17) is 9.47 Å². The Morgan fingerprint density at radius 3 is 2.81 bits per heavy atom. The van der Waals surface area contributed by atoms with E-state index in [-0.39, 0.29) is 11.9 Å². The maximum Gasteiger partial charge on any atom is 0.176 e. The Morgan fingerprint density at radius 2 is 2.19 bits per heavy atom. The molecule has 1 heterocycles. The van der Waals surface area contributed by atoms with E-state index in [1.165, 1.54) is 7.11 Å². The van der Waals surface area contributed by atoms with Crippen LogP contribution in [-0.2, 0) is 0 Å². The molecular formula is C11H14BrNO3. The monoisotopic (exact) mass is 287 g/mol. The van der Waals surface area contributed by atoms with E-state index in [2.05, 4.69) is 21.2 Å². The molecule has 1 saturated heterocycles. The number of nitrogens with one attached hydrogen (secondary N) is 1. The molecular weight excluding hydrogens is 274 g/mol. The van der Waals surface area contributed by atoms with Gasteiger partial charge in [0.05, 0.1) is 7.11 Å². The number of ether oxygens (including phenoxy) is 2. The third-order valence-corrected chi connectivity index (χ3v) is 3.34. The molecule has 5 heteroatoms. The lowest BCUT2D eigenvalue weighted by Gasteiger charge is -2.15. The Labute approximate surface area is 103 Å². The van der Waals surface area contributed by atoms with Gasteiger partial charge in [-0.3, -0.25) is 0 Å². The largest absolute Gasteiger partial charge is 0.503 e. The van der Waals surface area contributed by atoms with Crippen LogP contribution in [0.4, 0.5) is 0 Å². The van der Waals surface area contributed by atoms with Gasteiger partial charge in [-0.15, -0.1) is 0 Å². The Hall–Kier alpha value is -0.940. The van der Waals surface area contributed by atoms with Gasteiger partial charge < -0.3 is 19.9 Å². The van der Waals surface area contributed by atoms with Crippen molar-refractivity contribution in [1.82, 2.24) is 5.32 Å². The van der Waals surface area contributed by atoms with E-state index in [1.54, 1.807) is 12.1 Å². The van der Waals surface area contributed by atoms with Crippen molar-refractivity contribution >= 4 is 15.9 Å². The van der Waals surface area contributed by atoms with Gasteiger partial charge in [-0.25, -0.2) is 0 Å². The third kappa shape index (κ3) is 2.25. The Kier molecular flexibility index (Phi) is 3.56. The van der Waals surface area contributed by atoms with E-state index >= 15 is 0 Å². The van der Waals surface area contributed by atoms with Crippen LogP contribution in [0.15, 0.2) is 16.6 Å². The minimum atomic E-state index is 0.0750. The summed E-state index contributed by atoms with van der Waals surface area (Å²) >= 11 is 3.30. The molecule has 88 valence electrons. The molecule has 2 N–H and O–H groups in total. The Balaban J connectivity index is 2.18. The summed E-state index contributed by atoms with van der Waals surface area (Å²) in [7, 11) is 1.52. The standard InChI is InChI=1S/C11H14BrNO3/c1-15-9-3-2-8(10(12)11(9)14)16-7-4-5-13-6-7/h2-3,7,13-14H,4-6H2,1H3. The molecule has 1 unspecified atom stereocenters. The van der Waals surface area contributed by atoms with Gasteiger partial charge in [0.1, 0.15) is 16.3 Å². The van der Waals surface area contributed by atoms with Crippen molar-refractivity contribution in [3.05, 3.63) is 16.6 Å². The molecule has 1 aliphatic rings. The highest BCUT2D eigenvalue weighted by molar-refractivity contribution is 9.10. The zero-order valence-electron chi connectivity index (χ0n) is 9.00. The summed E-state index contributed by atoms with van der Waals surface area (Å²) in [6.45, 7) is 1.82. The Morgan fingerprint density at radius 1 is 1.44 bits per heavy atom. The molecule has 1 aromatic rings. The van der Waals surface area contributed by atoms with Gasteiger partial charge in [-0.2, -0.15) is 0 Å². The summed E-state index contributed by atoms with van der Waals surface area (Å²) in [6, 6.07) is 3.48. The van der Waals surface area contributed by atoms with Gasteiger partial charge in [0.25, 0.3) is 0 Å². The van der Waals surface area contributed by atoms with Crippen LogP contribution in [0.5, 0.6) is 17.2 Å². The number of phenolic OH excluding ortho intramolecular Hbond substituents is 1. The van der Waals surface area contributed by atoms with E-state index in [0.29, 0.717) is 16.0 Å². The number of hydrogen-bond acceptors (Lipinski definition) is 4. The molecule has 0 saturated carbocycles. The first-order chi connectivity index (χ1) is 7.72. The van der Waals surface area contributed by atoms with Crippen molar-refractivity contribution in [3.8, 4) is 17.2 Å². The van der Waals surface area contributed by atoms with Gasteiger partial charge in [-0.1, -0.05) is 0 Å². The number of rotatable bonds is 3. The second-order valence-corrected chi connectivity index (χ2v) is 4.45. The lowest BCUT2D eigenvalue weighted by atomic mass is 10.3. The predicted octanol–water partition coefficient (Wildman–Crippen LogP) is 1.90. The molecule has 4 nitrogen and oxygen atoms in total. The highest BCUT2D eigenvalue weighted by Crippen LogP contribution is 2.41. The fourth-order valence-corrected chi connectivity index (χ4v) is 2.11. The van der Waals surface area contributed by atoms with Crippen molar-refractivity contribution in [2.75, 3.05) is 20.2 Å². The van der Waals surface area contributed by atoms with Crippen molar-refractivity contribution < 1.29 is 14.6 Å². The van der Waals surface area contributed by atoms with Crippen molar-refractivity contribution in [2.45, 2.75) is 12.5 Å². The lowest BCUT2D eigenvalue weighted by Crippen LogP contribution is -2.19. The van der Waals surface area contributed by atoms with E-state index in [9.17, 15) is 5.11 Å². The molecule has 0 spiro atoms. The summed E-state index contributed by atoms with van der Waals surface area (Å²) in [5.74, 6) is 1.15. The van der Waals surface area contributed by atoms with Crippen LogP contribution in [0.2, 0.25) is 0 Å². The van der Waals surface area contributed by atoms with Gasteiger partial charge in [-0.05, 0) is 41.0 Å². The van der Waals surface area contributed by atoms with Crippen molar-refractivity contribution in [2.24, 2.45) is 0 Å². The maximum absolute atomic E-state index is 9.78. The third-order valence-electron chi connectivity index (χ3n) is 2.57. The van der Waals surface area contributed by atoms with Crippen LogP contribution in [-0.4, -0.2) is 31.4 Å². The maximum atomic E-state index is 9.78. The minimum absolute atomic E-state index is 0.0750. The highest BCUT2D eigenvalue weighted by Gasteiger charge is 2.19. The zero-order chi connectivity index (χ0) is 11.5. The summed E-state index contributed by atoms with van der Waals surface area (Å²) in [6.07, 6.45) is 1.16. The molecule has 0 radical (unpaired) electrons. The van der Waals surface area contributed by atoms with Crippen molar-refractivity contribution in [3.63, 3.8) is 0 Å². The average Bonchev–Trinajstić information content (AvgIpc) is 2.78. The topological polar surface area (TPSA) is 50.7 Å². The molecule has 1 fully saturated rings. The molecule has 0 aromatic heterocycles. The smallest absolute Gasteiger partial charge is 0.176 e. The van der Waals surface area contributed by atoms with Crippen molar-refractivity contribution in [1.29, 1.82) is 0 Å². The van der Waals surface area contributed by atoms with Gasteiger partial charge in [0, 0.05) is 6.54 Å². The lowest BCUT2D eigenvalue weighted by molar-refractivity contribution is 0.220. The average molecular weight is 288 g/mol. The summed E-state index contributed by atoms with van der Waals surface area (Å²) < 4.78 is 11.3. The number of benzene rings is 1. The summed E-state index contributed by atoms with van der Waals surface area (Å²) in [4.78, 5) is 0. The Bertz CT molecular complexity index is 378. The van der Waals surface area contributed by atoms with Crippen LogP contribution >= 0.6 is 15.9 Å². The molecule has 0 amide bonds. The van der Waals surface area contributed by atoms with E-state index in [0.717, 1.165) is 19.5 Å². The first kappa shape index (κ1) is 11.5. The molecule has 2 rings (SSSR count). The van der Waals surface area contributed by atoms with E-state index < -0.39 is 0 Å². The van der Waals surface area contributed by atoms with Crippen LogP contribution in [0.3, 0.4) is 0 Å². The van der Waals surface area contributed by atoms with Gasteiger partial charge in [0.15, 0.2) is 11.5 Å². The summed E-state index contributed by atoms with van der Waals surface area (Å²) in [5.41, 5.74) is 0. The number of aromatic hydroxyl groups is 1. The van der Waals surface area contributed by atoms with Gasteiger partial charge >= 0.3 is 0 Å². The van der Waals surface area contributed by atoms with Crippen LogP contribution in [0.1, 0.15) is 6.42 Å². The quantitative estimate of drug-likeness (QED) is 0.892. The van der Waals surface area contributed by atoms with Crippen LogP contribution in [0, 0.1) is 0 Å². The molecule has 1 atom stereocenters. The molecule has 16 heavy (non-hydrogen) atoms. The fraction of sp³-hybridized carbons (Fsp3) is 0.455. The second kappa shape index (κ2) is 4.93. The minimum Gasteiger partial charge on any atom is -0.503 e. The zero-order valence-corrected chi connectivity index (χ0v) is 10.6. The number of halogens is 1. The van der Waals surface area contributed by atoms with Crippen LogP contribution < -0.4 is 14.8 Å². The molecule has 0 aliphatic carbocycles. The molecule has 1 aliphatic heterocycles. The number of hydrogen-bond donors (Lipinski definition) is 2. The number of phenols is 1. The van der Waals surface area contributed by atoms with E-state index in [1.807, 2.05) is 0 Å². The number of methoxy groups -OCH3 is 1. The summed E-state index contributed by atoms with van der Waals surface area (Å²) in [5, 5.41) is 13.0. The molecule has 0 bridgehead atoms. The fourth-order valence-electron chi connectivity index (χ4n) is 1.69. The predicted molar refractivity (Wildman–Crippen MR) is 64.3 cm³/mol. The van der Waals surface area contributed by atoms with Gasteiger partial charge in [0.2, 0.25) is 0 Å². The second-order valence-electron chi connectivity index (χ2n) is 3.66.